The molecule has 1 atom stereocenters. The van der Waals surface area contributed by atoms with Crippen molar-refractivity contribution in [2.24, 2.45) is 0 Å². The van der Waals surface area contributed by atoms with Crippen LogP contribution in [0.4, 0.5) is 0 Å². The van der Waals surface area contributed by atoms with Crippen LogP contribution in [0.15, 0.2) is 55.1 Å². The van der Waals surface area contributed by atoms with Gasteiger partial charge in [-0.25, -0.2) is 0 Å². The summed E-state index contributed by atoms with van der Waals surface area (Å²) >= 11 is 0. The third-order valence-electron chi connectivity index (χ3n) is 4.88. The molecule has 1 fully saturated rings. The molecular formula is C20H21N5O2. The first-order chi connectivity index (χ1) is 13.2. The normalized spacial score (nSPS) is 16.8. The number of likely N-dealkylation sites (tertiary alicyclic amines) is 1. The first kappa shape index (κ1) is 17.2. The van der Waals surface area contributed by atoms with Crippen molar-refractivity contribution in [3.63, 3.8) is 0 Å². The van der Waals surface area contributed by atoms with Gasteiger partial charge in [-0.3, -0.25) is 9.59 Å². The summed E-state index contributed by atoms with van der Waals surface area (Å²) in [4.78, 5) is 26.4. The van der Waals surface area contributed by atoms with Gasteiger partial charge in [0.25, 0.3) is 0 Å². The SMILES string of the molecule is O=C(CCn1cnnc1)NC1CC(=O)N(Cc2cccc3ccccc23)C1. The minimum Gasteiger partial charge on any atom is -0.351 e. The molecule has 1 N–H and O–H groups in total. The van der Waals surface area contributed by atoms with Crippen LogP contribution in [0.3, 0.4) is 0 Å². The highest BCUT2D eigenvalue weighted by molar-refractivity contribution is 5.87. The molecule has 1 aliphatic rings. The van der Waals surface area contributed by atoms with Gasteiger partial charge in [0, 0.05) is 32.5 Å². The topological polar surface area (TPSA) is 80.1 Å². The molecule has 0 bridgehead atoms. The Morgan fingerprint density at radius 2 is 1.89 bits per heavy atom. The largest absolute Gasteiger partial charge is 0.351 e. The lowest BCUT2D eigenvalue weighted by atomic mass is 10.0. The van der Waals surface area contributed by atoms with E-state index in [0.29, 0.717) is 32.5 Å². The first-order valence-electron chi connectivity index (χ1n) is 9.05. The van der Waals surface area contributed by atoms with E-state index in [-0.39, 0.29) is 17.9 Å². The van der Waals surface area contributed by atoms with Crippen LogP contribution in [0, 0.1) is 0 Å². The molecule has 2 aromatic carbocycles. The van der Waals surface area contributed by atoms with E-state index in [2.05, 4.69) is 39.8 Å². The van der Waals surface area contributed by atoms with Crippen molar-refractivity contribution in [1.82, 2.24) is 25.0 Å². The van der Waals surface area contributed by atoms with Crippen LogP contribution in [0.1, 0.15) is 18.4 Å². The molecule has 27 heavy (non-hydrogen) atoms. The van der Waals surface area contributed by atoms with Crippen molar-refractivity contribution >= 4 is 22.6 Å². The fourth-order valence-corrected chi connectivity index (χ4v) is 3.53. The number of carbonyl (C=O) groups excluding carboxylic acids is 2. The van der Waals surface area contributed by atoms with Crippen LogP contribution >= 0.6 is 0 Å². The fraction of sp³-hybridized carbons (Fsp3) is 0.300. The summed E-state index contributed by atoms with van der Waals surface area (Å²) in [5.74, 6) is 0.0144. The van der Waals surface area contributed by atoms with Crippen LogP contribution in [-0.2, 0) is 22.7 Å². The Bertz CT molecular complexity index is 949. The lowest BCUT2D eigenvalue weighted by Crippen LogP contribution is -2.37. The molecule has 1 unspecified atom stereocenters. The molecular weight excluding hydrogens is 342 g/mol. The Morgan fingerprint density at radius 1 is 1.11 bits per heavy atom. The van der Waals surface area contributed by atoms with Gasteiger partial charge in [-0.05, 0) is 16.3 Å². The maximum absolute atomic E-state index is 12.4. The Labute approximate surface area is 157 Å². The summed E-state index contributed by atoms with van der Waals surface area (Å²) in [6.07, 6.45) is 3.85. The number of nitrogens with one attached hydrogen (secondary N) is 1. The number of aromatic nitrogens is 3. The van der Waals surface area contributed by atoms with E-state index in [1.165, 1.54) is 5.39 Å². The van der Waals surface area contributed by atoms with E-state index in [4.69, 9.17) is 0 Å². The van der Waals surface area contributed by atoms with Crippen molar-refractivity contribution in [1.29, 1.82) is 0 Å². The van der Waals surface area contributed by atoms with E-state index >= 15 is 0 Å². The predicted molar refractivity (Wildman–Crippen MR) is 101 cm³/mol. The van der Waals surface area contributed by atoms with Crippen molar-refractivity contribution in [3.8, 4) is 0 Å². The summed E-state index contributed by atoms with van der Waals surface area (Å²) in [5.41, 5.74) is 1.13. The van der Waals surface area contributed by atoms with Gasteiger partial charge >= 0.3 is 0 Å². The Hall–Kier alpha value is -3.22. The minimum absolute atomic E-state index is 0.0616. The zero-order chi connectivity index (χ0) is 18.6. The molecule has 138 valence electrons. The smallest absolute Gasteiger partial charge is 0.225 e. The predicted octanol–water partition coefficient (Wildman–Crippen LogP) is 1.74. The molecule has 0 radical (unpaired) electrons. The van der Waals surface area contributed by atoms with Gasteiger partial charge in [-0.1, -0.05) is 42.5 Å². The Morgan fingerprint density at radius 3 is 2.74 bits per heavy atom. The van der Waals surface area contributed by atoms with Crippen LogP contribution in [-0.4, -0.2) is 44.1 Å². The van der Waals surface area contributed by atoms with Crippen molar-refractivity contribution in [2.75, 3.05) is 6.54 Å². The van der Waals surface area contributed by atoms with Crippen LogP contribution in [0.25, 0.3) is 10.8 Å². The number of hydrogen-bond donors (Lipinski definition) is 1. The quantitative estimate of drug-likeness (QED) is 0.723. The average molecular weight is 363 g/mol. The number of rotatable bonds is 6. The lowest BCUT2D eigenvalue weighted by molar-refractivity contribution is -0.128. The summed E-state index contributed by atoms with van der Waals surface area (Å²) in [7, 11) is 0. The molecule has 7 heteroatoms. The standard InChI is InChI=1S/C20H21N5O2/c26-19(8-9-24-13-21-22-14-24)23-17-10-20(27)25(12-17)11-16-6-3-5-15-4-1-2-7-18(15)16/h1-7,13-14,17H,8-12H2,(H,23,26). The van der Waals surface area contributed by atoms with E-state index in [1.54, 1.807) is 17.2 Å². The second-order valence-corrected chi connectivity index (χ2v) is 6.83. The highest BCUT2D eigenvalue weighted by Crippen LogP contribution is 2.22. The zero-order valence-electron chi connectivity index (χ0n) is 14.9. The molecule has 2 heterocycles. The van der Waals surface area contributed by atoms with Crippen molar-refractivity contribution in [3.05, 3.63) is 60.7 Å². The van der Waals surface area contributed by atoms with Crippen LogP contribution in [0.2, 0.25) is 0 Å². The van der Waals surface area contributed by atoms with Crippen LogP contribution < -0.4 is 5.32 Å². The van der Waals surface area contributed by atoms with Gasteiger partial charge in [0.15, 0.2) is 0 Å². The van der Waals surface area contributed by atoms with Gasteiger partial charge in [0.1, 0.15) is 12.7 Å². The average Bonchev–Trinajstić information content (AvgIpc) is 3.30. The highest BCUT2D eigenvalue weighted by atomic mass is 16.2. The van der Waals surface area contributed by atoms with Crippen molar-refractivity contribution < 1.29 is 9.59 Å². The number of hydrogen-bond acceptors (Lipinski definition) is 4. The van der Waals surface area contributed by atoms with E-state index < -0.39 is 0 Å². The van der Waals surface area contributed by atoms with E-state index in [0.717, 1.165) is 10.9 Å². The molecule has 0 aliphatic carbocycles. The molecule has 1 saturated heterocycles. The lowest BCUT2D eigenvalue weighted by Gasteiger charge is -2.18. The van der Waals surface area contributed by atoms with E-state index in [1.807, 2.05) is 23.1 Å². The number of carbonyl (C=O) groups is 2. The summed E-state index contributed by atoms with van der Waals surface area (Å²) in [6.45, 7) is 1.63. The molecule has 7 nitrogen and oxygen atoms in total. The fourth-order valence-electron chi connectivity index (χ4n) is 3.53. The monoisotopic (exact) mass is 363 g/mol. The molecule has 1 aromatic heterocycles. The number of fused-ring (bicyclic) bond motifs is 1. The first-order valence-corrected chi connectivity index (χ1v) is 9.05. The summed E-state index contributed by atoms with van der Waals surface area (Å²) < 4.78 is 1.76. The molecule has 2 amide bonds. The number of aryl methyl sites for hydroxylation is 1. The third-order valence-corrected chi connectivity index (χ3v) is 4.88. The maximum Gasteiger partial charge on any atom is 0.225 e. The second-order valence-electron chi connectivity index (χ2n) is 6.83. The van der Waals surface area contributed by atoms with Gasteiger partial charge in [-0.2, -0.15) is 0 Å². The van der Waals surface area contributed by atoms with Gasteiger partial charge in [0.05, 0.1) is 6.04 Å². The maximum atomic E-state index is 12.4. The molecule has 4 rings (SSSR count). The summed E-state index contributed by atoms with van der Waals surface area (Å²) in [5, 5.41) is 12.7. The zero-order valence-corrected chi connectivity index (χ0v) is 14.9. The van der Waals surface area contributed by atoms with Gasteiger partial charge < -0.3 is 14.8 Å². The van der Waals surface area contributed by atoms with Crippen LogP contribution in [0.5, 0.6) is 0 Å². The second kappa shape index (κ2) is 7.57. The Kier molecular flexibility index (Phi) is 4.82. The van der Waals surface area contributed by atoms with Gasteiger partial charge in [-0.15, -0.1) is 10.2 Å². The molecule has 0 spiro atoms. The number of amides is 2. The molecule has 0 saturated carbocycles. The summed E-state index contributed by atoms with van der Waals surface area (Å²) in [6, 6.07) is 14.2. The molecule has 1 aliphatic heterocycles. The van der Waals surface area contributed by atoms with Gasteiger partial charge in [0.2, 0.25) is 11.8 Å². The highest BCUT2D eigenvalue weighted by Gasteiger charge is 2.30. The van der Waals surface area contributed by atoms with Crippen molar-refractivity contribution in [2.45, 2.75) is 32.0 Å². The molecule has 3 aromatic rings. The number of nitrogens with zero attached hydrogens (tertiary/aromatic N) is 4. The Balaban J connectivity index is 1.35. The minimum atomic E-state index is -0.138. The van der Waals surface area contributed by atoms with E-state index in [9.17, 15) is 9.59 Å². The third kappa shape index (κ3) is 3.97. The number of benzene rings is 2.